The highest BCUT2D eigenvalue weighted by molar-refractivity contribution is 5.95. The number of carbonyl (C=O) groups is 1. The number of methoxy groups -OCH3 is 1. The number of hydrogen-bond donors (Lipinski definition) is 2. The quantitative estimate of drug-likeness (QED) is 0.869. The monoisotopic (exact) mass is 312 g/mol. The van der Waals surface area contributed by atoms with E-state index in [4.69, 9.17) is 4.74 Å². The van der Waals surface area contributed by atoms with Gasteiger partial charge >= 0.3 is 0 Å². The molecular weight excluding hydrogens is 288 g/mol. The van der Waals surface area contributed by atoms with Crippen molar-refractivity contribution < 1.29 is 9.53 Å². The number of anilines is 2. The first-order chi connectivity index (χ1) is 10.9. The van der Waals surface area contributed by atoms with Crippen LogP contribution >= 0.6 is 0 Å². The first-order valence-electron chi connectivity index (χ1n) is 7.67. The van der Waals surface area contributed by atoms with Crippen LogP contribution in [0.2, 0.25) is 0 Å². The van der Waals surface area contributed by atoms with Gasteiger partial charge in [0.05, 0.1) is 7.11 Å². The van der Waals surface area contributed by atoms with Crippen LogP contribution in [0.4, 0.5) is 11.4 Å². The predicted octanol–water partition coefficient (Wildman–Crippen LogP) is 4.21. The van der Waals surface area contributed by atoms with Gasteiger partial charge in [-0.05, 0) is 29.7 Å². The van der Waals surface area contributed by atoms with Crippen molar-refractivity contribution in [2.45, 2.75) is 20.8 Å². The van der Waals surface area contributed by atoms with Gasteiger partial charge in [-0.15, -0.1) is 0 Å². The average Bonchev–Trinajstić information content (AvgIpc) is 2.52. The summed E-state index contributed by atoms with van der Waals surface area (Å²) in [5, 5.41) is 6.25. The van der Waals surface area contributed by atoms with Gasteiger partial charge in [0.25, 0.3) is 5.91 Å². The van der Waals surface area contributed by atoms with Crippen LogP contribution in [0.1, 0.15) is 31.1 Å². The van der Waals surface area contributed by atoms with E-state index in [0.717, 1.165) is 11.4 Å². The van der Waals surface area contributed by atoms with E-state index in [1.165, 1.54) is 0 Å². The second kappa shape index (κ2) is 7.18. The predicted molar refractivity (Wildman–Crippen MR) is 94.5 cm³/mol. The number of ether oxygens (including phenoxy) is 1. The molecule has 1 amide bonds. The summed E-state index contributed by atoms with van der Waals surface area (Å²) in [5.74, 6) is 0.543. The Bertz CT molecular complexity index is 661. The summed E-state index contributed by atoms with van der Waals surface area (Å²) < 4.78 is 5.31. The molecule has 0 heterocycles. The fourth-order valence-corrected chi connectivity index (χ4v) is 2.06. The lowest BCUT2D eigenvalue weighted by Crippen LogP contribution is -2.32. The van der Waals surface area contributed by atoms with Crippen LogP contribution in [-0.2, 0) is 0 Å². The zero-order valence-corrected chi connectivity index (χ0v) is 14.1. The van der Waals surface area contributed by atoms with E-state index in [2.05, 4.69) is 31.4 Å². The molecule has 0 radical (unpaired) electrons. The largest absolute Gasteiger partial charge is 0.497 e. The van der Waals surface area contributed by atoms with Gasteiger partial charge in [-0.1, -0.05) is 39.0 Å². The number of carbonyl (C=O) groups excluding carboxylic acids is 1. The first kappa shape index (κ1) is 16.9. The number of benzene rings is 2. The molecule has 4 nitrogen and oxygen atoms in total. The van der Waals surface area contributed by atoms with Gasteiger partial charge in [0.15, 0.2) is 0 Å². The molecule has 0 saturated carbocycles. The molecule has 2 aromatic carbocycles. The minimum atomic E-state index is -0.102. The SMILES string of the molecule is COc1cc(Nc2ccccc2)cc(C(=O)NCC(C)(C)C)c1. The Kier molecular flexibility index (Phi) is 5.27. The van der Waals surface area contributed by atoms with E-state index in [1.54, 1.807) is 13.2 Å². The zero-order valence-electron chi connectivity index (χ0n) is 14.1. The standard InChI is InChI=1S/C19H24N2O2/c1-19(2,3)13-20-18(22)14-10-16(12-17(11-14)23-4)21-15-8-6-5-7-9-15/h5-12,21H,13H2,1-4H3,(H,20,22). The van der Waals surface area contributed by atoms with Crippen molar-refractivity contribution in [3.8, 4) is 5.75 Å². The highest BCUT2D eigenvalue weighted by Gasteiger charge is 2.14. The minimum Gasteiger partial charge on any atom is -0.497 e. The fraction of sp³-hybridized carbons (Fsp3) is 0.316. The van der Waals surface area contributed by atoms with Crippen molar-refractivity contribution in [2.75, 3.05) is 19.0 Å². The van der Waals surface area contributed by atoms with Gasteiger partial charge in [0.1, 0.15) is 5.75 Å². The van der Waals surface area contributed by atoms with Crippen LogP contribution in [0.5, 0.6) is 5.75 Å². The Balaban J connectivity index is 2.19. The summed E-state index contributed by atoms with van der Waals surface area (Å²) in [4.78, 5) is 12.4. The van der Waals surface area contributed by atoms with Gasteiger partial charge in [0, 0.05) is 29.5 Å². The molecule has 0 unspecified atom stereocenters. The number of hydrogen-bond acceptors (Lipinski definition) is 3. The highest BCUT2D eigenvalue weighted by atomic mass is 16.5. The van der Waals surface area contributed by atoms with Crippen molar-refractivity contribution in [3.63, 3.8) is 0 Å². The van der Waals surface area contributed by atoms with E-state index >= 15 is 0 Å². The lowest BCUT2D eigenvalue weighted by atomic mass is 9.97. The molecule has 2 N–H and O–H groups in total. The number of amides is 1. The topological polar surface area (TPSA) is 50.4 Å². The molecule has 23 heavy (non-hydrogen) atoms. The molecule has 0 aliphatic rings. The number of nitrogens with one attached hydrogen (secondary N) is 2. The summed E-state index contributed by atoms with van der Waals surface area (Å²) in [6, 6.07) is 15.3. The molecule has 0 aliphatic carbocycles. The smallest absolute Gasteiger partial charge is 0.251 e. The van der Waals surface area contributed by atoms with Crippen LogP contribution in [0.15, 0.2) is 48.5 Å². The zero-order chi connectivity index (χ0) is 16.9. The number of rotatable bonds is 5. The van der Waals surface area contributed by atoms with E-state index in [-0.39, 0.29) is 11.3 Å². The molecule has 0 aromatic heterocycles. The summed E-state index contributed by atoms with van der Waals surface area (Å²) >= 11 is 0. The van der Waals surface area contributed by atoms with Crippen molar-refractivity contribution in [2.24, 2.45) is 5.41 Å². The highest BCUT2D eigenvalue weighted by Crippen LogP contribution is 2.24. The van der Waals surface area contributed by atoms with Crippen LogP contribution < -0.4 is 15.4 Å². The Morgan fingerprint density at radius 2 is 1.74 bits per heavy atom. The maximum Gasteiger partial charge on any atom is 0.251 e. The second-order valence-corrected chi connectivity index (χ2v) is 6.68. The van der Waals surface area contributed by atoms with Crippen molar-refractivity contribution >= 4 is 17.3 Å². The van der Waals surface area contributed by atoms with Gasteiger partial charge in [-0.3, -0.25) is 4.79 Å². The number of para-hydroxylation sites is 1. The van der Waals surface area contributed by atoms with Gasteiger partial charge in [0.2, 0.25) is 0 Å². The van der Waals surface area contributed by atoms with E-state index in [1.807, 2.05) is 42.5 Å². The van der Waals surface area contributed by atoms with Gasteiger partial charge in [-0.25, -0.2) is 0 Å². The average molecular weight is 312 g/mol. The third-order valence-electron chi connectivity index (χ3n) is 3.25. The van der Waals surface area contributed by atoms with Crippen molar-refractivity contribution in [1.29, 1.82) is 0 Å². The lowest BCUT2D eigenvalue weighted by Gasteiger charge is -2.19. The van der Waals surface area contributed by atoms with Crippen LogP contribution in [0.3, 0.4) is 0 Å². The molecule has 2 rings (SSSR count). The van der Waals surface area contributed by atoms with Crippen LogP contribution in [-0.4, -0.2) is 19.6 Å². The Morgan fingerprint density at radius 1 is 1.04 bits per heavy atom. The molecule has 4 heteroatoms. The second-order valence-electron chi connectivity index (χ2n) is 6.68. The van der Waals surface area contributed by atoms with Gasteiger partial charge < -0.3 is 15.4 Å². The van der Waals surface area contributed by atoms with Crippen LogP contribution in [0.25, 0.3) is 0 Å². The fourth-order valence-electron chi connectivity index (χ4n) is 2.06. The Morgan fingerprint density at radius 3 is 2.35 bits per heavy atom. The Labute approximate surface area is 137 Å². The molecule has 0 aliphatic heterocycles. The minimum absolute atomic E-state index is 0.0413. The summed E-state index contributed by atoms with van der Waals surface area (Å²) in [5.41, 5.74) is 2.39. The van der Waals surface area contributed by atoms with Crippen molar-refractivity contribution in [3.05, 3.63) is 54.1 Å². The van der Waals surface area contributed by atoms with E-state index in [9.17, 15) is 4.79 Å². The molecule has 0 atom stereocenters. The molecule has 0 bridgehead atoms. The maximum atomic E-state index is 12.4. The molecule has 0 saturated heterocycles. The molecule has 122 valence electrons. The summed E-state index contributed by atoms with van der Waals surface area (Å²) in [6.45, 7) is 6.87. The molecule has 0 spiro atoms. The summed E-state index contributed by atoms with van der Waals surface area (Å²) in [7, 11) is 1.60. The molecule has 2 aromatic rings. The Hall–Kier alpha value is -2.49. The lowest BCUT2D eigenvalue weighted by molar-refractivity contribution is 0.0939. The normalized spacial score (nSPS) is 11.0. The van der Waals surface area contributed by atoms with Crippen molar-refractivity contribution in [1.82, 2.24) is 5.32 Å². The van der Waals surface area contributed by atoms with E-state index in [0.29, 0.717) is 17.9 Å². The molecular formula is C19H24N2O2. The van der Waals surface area contributed by atoms with Gasteiger partial charge in [-0.2, -0.15) is 0 Å². The maximum absolute atomic E-state index is 12.4. The van der Waals surface area contributed by atoms with Crippen LogP contribution in [0, 0.1) is 5.41 Å². The first-order valence-corrected chi connectivity index (χ1v) is 7.67. The summed E-state index contributed by atoms with van der Waals surface area (Å²) in [6.07, 6.45) is 0. The third-order valence-corrected chi connectivity index (χ3v) is 3.25. The molecule has 0 fully saturated rings. The third kappa shape index (κ3) is 5.33. The van der Waals surface area contributed by atoms with E-state index < -0.39 is 0 Å².